The maximum atomic E-state index is 12.2. The summed E-state index contributed by atoms with van der Waals surface area (Å²) in [5.41, 5.74) is -0.467. The molecule has 0 saturated carbocycles. The van der Waals surface area contributed by atoms with Crippen molar-refractivity contribution < 1.29 is 19.4 Å². The van der Waals surface area contributed by atoms with Crippen LogP contribution in [0.2, 0.25) is 0 Å². The van der Waals surface area contributed by atoms with E-state index in [1.807, 2.05) is 0 Å². The first-order valence-electron chi connectivity index (χ1n) is 6.80. The minimum atomic E-state index is -1.30. The molecule has 0 spiro atoms. The topological polar surface area (TPSA) is 77.2 Å². The number of methoxy groups -OCH3 is 1. The Bertz CT molecular complexity index is 928. The molecule has 0 unspecified atom stereocenters. The lowest BCUT2D eigenvalue weighted by molar-refractivity contribution is 0.0694. The zero-order valence-corrected chi connectivity index (χ0v) is 12.2. The SMILES string of the molecule is COc1ccc(Oc2cc(C(=O)O)c(=O)n3ccccc23)cc1. The highest BCUT2D eigenvalue weighted by atomic mass is 16.5. The van der Waals surface area contributed by atoms with Crippen LogP contribution < -0.4 is 15.0 Å². The number of aromatic nitrogens is 1. The van der Waals surface area contributed by atoms with Crippen LogP contribution in [0.3, 0.4) is 0 Å². The second kappa shape index (κ2) is 5.84. The van der Waals surface area contributed by atoms with Crippen molar-refractivity contribution in [3.05, 3.63) is 70.6 Å². The van der Waals surface area contributed by atoms with E-state index >= 15 is 0 Å². The normalized spacial score (nSPS) is 10.5. The molecule has 1 aromatic carbocycles. The van der Waals surface area contributed by atoms with Crippen LogP contribution in [0.4, 0.5) is 0 Å². The Balaban J connectivity index is 2.13. The summed E-state index contributed by atoms with van der Waals surface area (Å²) in [6, 6.07) is 13.2. The fourth-order valence-electron chi connectivity index (χ4n) is 2.22. The van der Waals surface area contributed by atoms with E-state index in [-0.39, 0.29) is 11.3 Å². The number of nitrogens with zero attached hydrogens (tertiary/aromatic N) is 1. The Hall–Kier alpha value is -3.28. The predicted octanol–water partition coefficient (Wildman–Crippen LogP) is 2.80. The van der Waals surface area contributed by atoms with Gasteiger partial charge in [0.2, 0.25) is 0 Å². The Kier molecular flexibility index (Phi) is 3.72. The van der Waals surface area contributed by atoms with Gasteiger partial charge in [-0.2, -0.15) is 0 Å². The number of ether oxygens (including phenoxy) is 2. The minimum absolute atomic E-state index is 0.285. The molecule has 23 heavy (non-hydrogen) atoms. The summed E-state index contributed by atoms with van der Waals surface area (Å²) in [5, 5.41) is 9.20. The van der Waals surface area contributed by atoms with E-state index in [0.29, 0.717) is 17.0 Å². The molecule has 0 bridgehead atoms. The van der Waals surface area contributed by atoms with Crippen molar-refractivity contribution in [1.29, 1.82) is 0 Å². The fraction of sp³-hybridized carbons (Fsp3) is 0.0588. The van der Waals surface area contributed by atoms with Crippen molar-refractivity contribution in [2.45, 2.75) is 0 Å². The first-order valence-corrected chi connectivity index (χ1v) is 6.80. The monoisotopic (exact) mass is 311 g/mol. The van der Waals surface area contributed by atoms with Gasteiger partial charge in [0.15, 0.2) is 5.75 Å². The molecule has 2 heterocycles. The van der Waals surface area contributed by atoms with E-state index < -0.39 is 11.5 Å². The first kappa shape index (κ1) is 14.6. The van der Waals surface area contributed by atoms with Crippen LogP contribution in [0.1, 0.15) is 10.4 Å². The second-order valence-corrected chi connectivity index (χ2v) is 4.77. The molecule has 3 rings (SSSR count). The van der Waals surface area contributed by atoms with Gasteiger partial charge < -0.3 is 14.6 Å². The van der Waals surface area contributed by atoms with E-state index in [2.05, 4.69) is 0 Å². The smallest absolute Gasteiger partial charge is 0.341 e. The molecule has 0 atom stereocenters. The predicted molar refractivity (Wildman–Crippen MR) is 83.7 cm³/mol. The maximum absolute atomic E-state index is 12.2. The highest BCUT2D eigenvalue weighted by molar-refractivity contribution is 5.88. The average Bonchev–Trinajstić information content (AvgIpc) is 2.58. The molecule has 0 radical (unpaired) electrons. The van der Waals surface area contributed by atoms with Gasteiger partial charge in [-0.15, -0.1) is 0 Å². The number of carboxylic acid groups (broad SMARTS) is 1. The first-order chi connectivity index (χ1) is 11.1. The number of carboxylic acids is 1. The van der Waals surface area contributed by atoms with Crippen molar-refractivity contribution in [2.75, 3.05) is 7.11 Å². The van der Waals surface area contributed by atoms with Crippen LogP contribution in [-0.4, -0.2) is 22.6 Å². The van der Waals surface area contributed by atoms with Crippen molar-refractivity contribution in [3.8, 4) is 17.2 Å². The molecule has 0 fully saturated rings. The number of hydrogen-bond acceptors (Lipinski definition) is 4. The molecule has 2 aromatic heterocycles. The third-order valence-corrected chi connectivity index (χ3v) is 3.35. The van der Waals surface area contributed by atoms with Gasteiger partial charge in [0, 0.05) is 12.3 Å². The zero-order valence-electron chi connectivity index (χ0n) is 12.2. The van der Waals surface area contributed by atoms with Gasteiger partial charge in [0.1, 0.15) is 17.1 Å². The standard InChI is InChI=1S/C17H13NO5/c1-22-11-5-7-12(8-6-11)23-15-10-13(17(20)21)16(19)18-9-3-2-4-14(15)18/h2-10H,1H3,(H,20,21). The number of rotatable bonds is 4. The van der Waals surface area contributed by atoms with Crippen LogP contribution >= 0.6 is 0 Å². The molecule has 0 aliphatic heterocycles. The van der Waals surface area contributed by atoms with Gasteiger partial charge in [-0.25, -0.2) is 4.79 Å². The number of hydrogen-bond donors (Lipinski definition) is 1. The summed E-state index contributed by atoms with van der Waals surface area (Å²) in [7, 11) is 1.56. The number of pyridine rings is 2. The summed E-state index contributed by atoms with van der Waals surface area (Å²) >= 11 is 0. The molecule has 1 N–H and O–H groups in total. The Morgan fingerprint density at radius 1 is 1.09 bits per heavy atom. The van der Waals surface area contributed by atoms with Crippen molar-refractivity contribution in [2.24, 2.45) is 0 Å². The van der Waals surface area contributed by atoms with Gasteiger partial charge >= 0.3 is 5.97 Å². The van der Waals surface area contributed by atoms with Gasteiger partial charge in [-0.1, -0.05) is 6.07 Å². The molecule has 6 heteroatoms. The average molecular weight is 311 g/mol. The highest BCUT2D eigenvalue weighted by Gasteiger charge is 2.15. The van der Waals surface area contributed by atoms with Crippen LogP contribution in [-0.2, 0) is 0 Å². The zero-order chi connectivity index (χ0) is 16.4. The molecule has 0 aliphatic rings. The van der Waals surface area contributed by atoms with E-state index in [1.54, 1.807) is 49.6 Å². The van der Waals surface area contributed by atoms with Gasteiger partial charge in [0.25, 0.3) is 5.56 Å². The second-order valence-electron chi connectivity index (χ2n) is 4.77. The van der Waals surface area contributed by atoms with Crippen LogP contribution in [0, 0.1) is 0 Å². The molecule has 3 aromatic rings. The molecule has 0 saturated heterocycles. The highest BCUT2D eigenvalue weighted by Crippen LogP contribution is 2.27. The summed E-state index contributed by atoms with van der Waals surface area (Å²) in [4.78, 5) is 23.4. The maximum Gasteiger partial charge on any atom is 0.341 e. The van der Waals surface area contributed by atoms with Crippen molar-refractivity contribution >= 4 is 11.5 Å². The summed E-state index contributed by atoms with van der Waals surface area (Å²) in [6.07, 6.45) is 1.50. The fourth-order valence-corrected chi connectivity index (χ4v) is 2.22. The Morgan fingerprint density at radius 2 is 1.78 bits per heavy atom. The Labute approximate surface area is 131 Å². The number of fused-ring (bicyclic) bond motifs is 1. The number of carbonyl (C=O) groups is 1. The lowest BCUT2D eigenvalue weighted by atomic mass is 10.2. The van der Waals surface area contributed by atoms with Crippen LogP contribution in [0.25, 0.3) is 5.52 Å². The largest absolute Gasteiger partial charge is 0.497 e. The molecular formula is C17H13NO5. The van der Waals surface area contributed by atoms with Crippen LogP contribution in [0.15, 0.2) is 59.5 Å². The summed E-state index contributed by atoms with van der Waals surface area (Å²) in [5.74, 6) is 0.171. The molecule has 0 aliphatic carbocycles. The Morgan fingerprint density at radius 3 is 2.43 bits per heavy atom. The third-order valence-electron chi connectivity index (χ3n) is 3.35. The molecule has 116 valence electrons. The summed E-state index contributed by atoms with van der Waals surface area (Å²) < 4.78 is 12.1. The quantitative estimate of drug-likeness (QED) is 0.801. The number of aromatic carboxylic acids is 1. The molecular weight excluding hydrogens is 298 g/mol. The van der Waals surface area contributed by atoms with E-state index in [0.717, 1.165) is 0 Å². The summed E-state index contributed by atoms with van der Waals surface area (Å²) in [6.45, 7) is 0. The number of benzene rings is 1. The lowest BCUT2D eigenvalue weighted by Gasteiger charge is -2.11. The van der Waals surface area contributed by atoms with E-state index in [1.165, 1.54) is 16.7 Å². The third kappa shape index (κ3) is 2.74. The molecule has 0 amide bonds. The van der Waals surface area contributed by atoms with E-state index in [9.17, 15) is 14.7 Å². The lowest BCUT2D eigenvalue weighted by Crippen LogP contribution is -2.22. The minimum Gasteiger partial charge on any atom is -0.497 e. The van der Waals surface area contributed by atoms with Crippen molar-refractivity contribution in [1.82, 2.24) is 4.40 Å². The van der Waals surface area contributed by atoms with Gasteiger partial charge in [-0.3, -0.25) is 9.20 Å². The molecule has 6 nitrogen and oxygen atoms in total. The van der Waals surface area contributed by atoms with Crippen LogP contribution in [0.5, 0.6) is 17.2 Å². The van der Waals surface area contributed by atoms with E-state index in [4.69, 9.17) is 9.47 Å². The van der Waals surface area contributed by atoms with Gasteiger partial charge in [0.05, 0.1) is 12.6 Å². The van der Waals surface area contributed by atoms with Crippen molar-refractivity contribution in [3.63, 3.8) is 0 Å². The van der Waals surface area contributed by atoms with Gasteiger partial charge in [-0.05, 0) is 36.4 Å².